The van der Waals surface area contributed by atoms with Gasteiger partial charge in [0.05, 0.1) is 24.6 Å². The van der Waals surface area contributed by atoms with Crippen molar-refractivity contribution in [3.05, 3.63) is 89.6 Å². The van der Waals surface area contributed by atoms with Crippen LogP contribution in [0.25, 0.3) is 10.9 Å². The highest BCUT2D eigenvalue weighted by molar-refractivity contribution is 6.26. The molecule has 0 radical (unpaired) electrons. The quantitative estimate of drug-likeness (QED) is 0.367. The first-order chi connectivity index (χ1) is 18.4. The minimum absolute atomic E-state index is 0.303. The maximum Gasteiger partial charge on any atom is 0.250 e. The summed E-state index contributed by atoms with van der Waals surface area (Å²) in [6.45, 7) is 1.96. The highest BCUT2D eigenvalue weighted by Gasteiger charge is 2.70. The summed E-state index contributed by atoms with van der Waals surface area (Å²) in [6.07, 6.45) is 2.42. The number of H-pyrrole nitrogens is 1. The van der Waals surface area contributed by atoms with E-state index < -0.39 is 23.4 Å². The highest BCUT2D eigenvalue weighted by atomic mass is 16.5. The molecule has 7 rings (SSSR count). The third kappa shape index (κ3) is 2.98. The molecule has 0 bridgehead atoms. The van der Waals surface area contributed by atoms with Gasteiger partial charge in [-0.3, -0.25) is 19.7 Å². The molecular formula is C30H26N4O4. The van der Waals surface area contributed by atoms with Gasteiger partial charge in [0, 0.05) is 40.5 Å². The van der Waals surface area contributed by atoms with E-state index in [2.05, 4.69) is 15.6 Å². The standard InChI is InChI=1S/C30H26N4O4/c1-16-10-11-23-21(12-16)30(29(37)32-23)26-25(24(33-30)13-17-15-31-22-9-4-3-8-20(17)22)27(35)34(28(26)36)18-6-5-7-19(14-18)38-2/h3-12,14-15,24-26,31,33H,13H2,1-2H3,(H,32,37)/t24-,25+,26-,30+/m0/s1. The number of para-hydroxylation sites is 1. The van der Waals surface area contributed by atoms with Gasteiger partial charge in [0.1, 0.15) is 11.3 Å². The van der Waals surface area contributed by atoms with Gasteiger partial charge in [-0.2, -0.15) is 0 Å². The second-order valence-corrected chi connectivity index (χ2v) is 10.3. The largest absolute Gasteiger partial charge is 0.497 e. The van der Waals surface area contributed by atoms with E-state index in [0.717, 1.165) is 22.0 Å². The van der Waals surface area contributed by atoms with Crippen molar-refractivity contribution in [2.75, 3.05) is 17.3 Å². The van der Waals surface area contributed by atoms with E-state index in [1.165, 1.54) is 4.90 Å². The summed E-state index contributed by atoms with van der Waals surface area (Å²) in [6, 6.07) is 20.2. The Labute approximate surface area is 219 Å². The van der Waals surface area contributed by atoms with E-state index in [0.29, 0.717) is 29.1 Å². The Morgan fingerprint density at radius 2 is 1.82 bits per heavy atom. The number of hydrogen-bond donors (Lipinski definition) is 3. The van der Waals surface area contributed by atoms with E-state index in [1.54, 1.807) is 31.4 Å². The number of hydrogen-bond acceptors (Lipinski definition) is 5. The summed E-state index contributed by atoms with van der Waals surface area (Å²) in [7, 11) is 1.54. The summed E-state index contributed by atoms with van der Waals surface area (Å²) >= 11 is 0. The van der Waals surface area contributed by atoms with Crippen molar-refractivity contribution < 1.29 is 19.1 Å². The number of anilines is 2. The topological polar surface area (TPSA) is 104 Å². The second-order valence-electron chi connectivity index (χ2n) is 10.3. The molecule has 1 aromatic heterocycles. The molecule has 1 spiro atoms. The van der Waals surface area contributed by atoms with Gasteiger partial charge in [-0.1, -0.05) is 42.0 Å². The average molecular weight is 507 g/mol. The van der Waals surface area contributed by atoms with Gasteiger partial charge in [-0.25, -0.2) is 4.90 Å². The molecule has 38 heavy (non-hydrogen) atoms. The number of aromatic nitrogens is 1. The first-order valence-corrected chi connectivity index (χ1v) is 12.7. The number of imide groups is 1. The minimum Gasteiger partial charge on any atom is -0.497 e. The summed E-state index contributed by atoms with van der Waals surface area (Å²) in [4.78, 5) is 46.6. The predicted octanol–water partition coefficient (Wildman–Crippen LogP) is 3.65. The second kappa shape index (κ2) is 8.03. The Morgan fingerprint density at radius 1 is 0.974 bits per heavy atom. The van der Waals surface area contributed by atoms with Crippen LogP contribution in [0, 0.1) is 18.8 Å². The van der Waals surface area contributed by atoms with E-state index in [-0.39, 0.29) is 17.7 Å². The van der Waals surface area contributed by atoms with Crippen molar-refractivity contribution in [2.24, 2.45) is 11.8 Å². The van der Waals surface area contributed by atoms with Gasteiger partial charge >= 0.3 is 0 Å². The third-order valence-corrected chi connectivity index (χ3v) is 8.30. The van der Waals surface area contributed by atoms with Crippen molar-refractivity contribution in [3.63, 3.8) is 0 Å². The summed E-state index contributed by atoms with van der Waals surface area (Å²) in [5, 5.41) is 7.57. The minimum atomic E-state index is -1.34. The van der Waals surface area contributed by atoms with Gasteiger partial charge in [-0.15, -0.1) is 0 Å². The lowest BCUT2D eigenvalue weighted by Crippen LogP contribution is -2.53. The van der Waals surface area contributed by atoms with Crippen LogP contribution in [0.4, 0.5) is 11.4 Å². The summed E-state index contributed by atoms with van der Waals surface area (Å²) in [5.74, 6) is -2.06. The number of methoxy groups -OCH3 is 1. The monoisotopic (exact) mass is 506 g/mol. The molecular weight excluding hydrogens is 480 g/mol. The van der Waals surface area contributed by atoms with Gasteiger partial charge in [-0.05, 0) is 43.2 Å². The molecule has 3 N–H and O–H groups in total. The molecule has 3 aliphatic rings. The summed E-state index contributed by atoms with van der Waals surface area (Å²) < 4.78 is 5.35. The number of nitrogens with zero attached hydrogens (tertiary/aromatic N) is 1. The molecule has 0 unspecified atom stereocenters. The predicted molar refractivity (Wildman–Crippen MR) is 143 cm³/mol. The molecule has 4 aromatic rings. The SMILES string of the molecule is COc1cccc(N2C(=O)[C@@H]3[C@H](Cc4c[nH]c5ccccc45)N[C@@]4(C(=O)Nc5ccc(C)cc54)[C@@H]3C2=O)c1. The number of carbonyl (C=O) groups excluding carboxylic acids is 3. The zero-order valence-corrected chi connectivity index (χ0v) is 20.9. The van der Waals surface area contributed by atoms with Crippen LogP contribution in [-0.4, -0.2) is 35.9 Å². The first kappa shape index (κ1) is 22.7. The van der Waals surface area contributed by atoms with Crippen LogP contribution in [0.3, 0.4) is 0 Å². The lowest BCUT2D eigenvalue weighted by atomic mass is 9.76. The number of aryl methyl sites for hydroxylation is 1. The lowest BCUT2D eigenvalue weighted by molar-refractivity contribution is -0.130. The van der Waals surface area contributed by atoms with Crippen LogP contribution in [0.1, 0.15) is 16.7 Å². The lowest BCUT2D eigenvalue weighted by Gasteiger charge is -2.29. The van der Waals surface area contributed by atoms with Crippen LogP contribution < -0.4 is 20.3 Å². The molecule has 3 aliphatic heterocycles. The average Bonchev–Trinajstić information content (AvgIpc) is 3.63. The van der Waals surface area contributed by atoms with Crippen molar-refractivity contribution in [1.29, 1.82) is 0 Å². The fourth-order valence-corrected chi connectivity index (χ4v) is 6.63. The maximum atomic E-state index is 14.2. The number of rotatable bonds is 4. The molecule has 4 atom stereocenters. The number of aromatic amines is 1. The van der Waals surface area contributed by atoms with Crippen LogP contribution >= 0.6 is 0 Å². The Balaban J connectivity index is 1.38. The van der Waals surface area contributed by atoms with Gasteiger partial charge in [0.15, 0.2) is 0 Å². The Hall–Kier alpha value is -4.43. The molecule has 0 aliphatic carbocycles. The molecule has 0 saturated carbocycles. The fourth-order valence-electron chi connectivity index (χ4n) is 6.63. The number of nitrogens with one attached hydrogen (secondary N) is 3. The number of ether oxygens (including phenoxy) is 1. The Morgan fingerprint density at radius 3 is 2.66 bits per heavy atom. The van der Waals surface area contributed by atoms with Crippen molar-refractivity contribution in [1.82, 2.24) is 10.3 Å². The van der Waals surface area contributed by atoms with E-state index in [9.17, 15) is 14.4 Å². The Bertz CT molecular complexity index is 1660. The van der Waals surface area contributed by atoms with E-state index in [1.807, 2.05) is 55.6 Å². The summed E-state index contributed by atoms with van der Waals surface area (Å²) in [5.41, 5.74) is 3.47. The van der Waals surface area contributed by atoms with Crippen molar-refractivity contribution >= 4 is 40.0 Å². The van der Waals surface area contributed by atoms with E-state index in [4.69, 9.17) is 4.74 Å². The van der Waals surface area contributed by atoms with Gasteiger partial charge in [0.2, 0.25) is 17.7 Å². The zero-order chi connectivity index (χ0) is 26.2. The van der Waals surface area contributed by atoms with Gasteiger partial charge in [0.25, 0.3) is 0 Å². The number of benzene rings is 3. The van der Waals surface area contributed by atoms with Crippen LogP contribution in [0.2, 0.25) is 0 Å². The van der Waals surface area contributed by atoms with Crippen LogP contribution in [0.15, 0.2) is 72.9 Å². The van der Waals surface area contributed by atoms with Gasteiger partial charge < -0.3 is 15.0 Å². The van der Waals surface area contributed by atoms with Crippen LogP contribution in [-0.2, 0) is 26.3 Å². The maximum absolute atomic E-state index is 14.2. The molecule has 8 heteroatoms. The zero-order valence-electron chi connectivity index (χ0n) is 20.9. The molecule has 4 heterocycles. The third-order valence-electron chi connectivity index (χ3n) is 8.30. The molecule has 3 aromatic carbocycles. The van der Waals surface area contributed by atoms with Crippen molar-refractivity contribution in [3.8, 4) is 5.75 Å². The fraction of sp³-hybridized carbons (Fsp3) is 0.233. The molecule has 8 nitrogen and oxygen atoms in total. The highest BCUT2D eigenvalue weighted by Crippen LogP contribution is 2.54. The number of carbonyl (C=O) groups is 3. The van der Waals surface area contributed by atoms with Crippen molar-refractivity contribution in [2.45, 2.75) is 24.9 Å². The van der Waals surface area contributed by atoms with E-state index >= 15 is 0 Å². The Kier molecular flexibility index (Phi) is 4.81. The number of amides is 3. The molecule has 2 saturated heterocycles. The normalized spacial score (nSPS) is 25.8. The smallest absolute Gasteiger partial charge is 0.250 e. The number of fused-ring (bicyclic) bond motifs is 5. The first-order valence-electron chi connectivity index (χ1n) is 12.7. The molecule has 190 valence electrons. The molecule has 3 amide bonds. The molecule has 2 fully saturated rings. The van der Waals surface area contributed by atoms with Crippen LogP contribution in [0.5, 0.6) is 5.75 Å².